The zero-order chi connectivity index (χ0) is 12.3. The number of aromatic nitrogens is 2. The summed E-state index contributed by atoms with van der Waals surface area (Å²) in [6.07, 6.45) is 8.06. The van der Waals surface area contributed by atoms with Gasteiger partial charge in [0.25, 0.3) is 0 Å². The molecule has 1 aliphatic carbocycles. The molecule has 17 heavy (non-hydrogen) atoms. The second kappa shape index (κ2) is 5.34. The van der Waals surface area contributed by atoms with Gasteiger partial charge in [0.1, 0.15) is 18.0 Å². The van der Waals surface area contributed by atoms with Crippen molar-refractivity contribution in [2.45, 2.75) is 45.1 Å². The summed E-state index contributed by atoms with van der Waals surface area (Å²) in [6.45, 7) is 2.29. The van der Waals surface area contributed by atoms with Crippen molar-refractivity contribution in [2.75, 3.05) is 17.7 Å². The third-order valence-electron chi connectivity index (χ3n) is 3.98. The van der Waals surface area contributed by atoms with Gasteiger partial charge >= 0.3 is 0 Å². The largest absolute Gasteiger partial charge is 0.384 e. The third-order valence-corrected chi connectivity index (χ3v) is 3.98. The highest BCUT2D eigenvalue weighted by Gasteiger charge is 2.23. The van der Waals surface area contributed by atoms with E-state index in [1.807, 2.05) is 6.07 Å². The van der Waals surface area contributed by atoms with E-state index in [9.17, 15) is 0 Å². The number of hydrogen-bond acceptors (Lipinski definition) is 4. The average Bonchev–Trinajstić information content (AvgIpc) is 2.38. The fraction of sp³-hybridized carbons (Fsp3) is 0.692. The zero-order valence-electron chi connectivity index (χ0n) is 10.8. The average molecular weight is 234 g/mol. The quantitative estimate of drug-likeness (QED) is 0.873. The van der Waals surface area contributed by atoms with Gasteiger partial charge in [-0.25, -0.2) is 9.97 Å². The second-order valence-electron chi connectivity index (χ2n) is 4.99. The molecule has 0 unspecified atom stereocenters. The highest BCUT2D eigenvalue weighted by Crippen LogP contribution is 2.30. The molecule has 94 valence electrons. The van der Waals surface area contributed by atoms with E-state index in [0.717, 1.165) is 11.7 Å². The molecule has 0 atom stereocenters. The van der Waals surface area contributed by atoms with Gasteiger partial charge in [-0.2, -0.15) is 0 Å². The maximum Gasteiger partial charge on any atom is 0.134 e. The number of nitrogens with two attached hydrogens (primary N) is 1. The van der Waals surface area contributed by atoms with Gasteiger partial charge in [0.15, 0.2) is 0 Å². The summed E-state index contributed by atoms with van der Waals surface area (Å²) in [5.74, 6) is 2.41. The smallest absolute Gasteiger partial charge is 0.134 e. The first-order valence-corrected chi connectivity index (χ1v) is 6.51. The van der Waals surface area contributed by atoms with Gasteiger partial charge < -0.3 is 10.6 Å². The van der Waals surface area contributed by atoms with Crippen molar-refractivity contribution >= 4 is 11.6 Å². The summed E-state index contributed by atoms with van der Waals surface area (Å²) in [7, 11) is 2.11. The lowest BCUT2D eigenvalue weighted by molar-refractivity contribution is 0.313. The number of nitrogens with zero attached hydrogens (tertiary/aromatic N) is 3. The molecule has 0 bridgehead atoms. The van der Waals surface area contributed by atoms with Gasteiger partial charge in [-0.3, -0.25) is 0 Å². The third kappa shape index (κ3) is 2.87. The molecular formula is C13H22N4. The van der Waals surface area contributed by atoms with Crippen LogP contribution in [-0.4, -0.2) is 23.1 Å². The summed E-state index contributed by atoms with van der Waals surface area (Å²) in [5.41, 5.74) is 5.69. The molecule has 1 aromatic rings. The van der Waals surface area contributed by atoms with E-state index in [1.165, 1.54) is 32.1 Å². The van der Waals surface area contributed by atoms with E-state index in [4.69, 9.17) is 5.73 Å². The van der Waals surface area contributed by atoms with Gasteiger partial charge in [-0.1, -0.05) is 13.3 Å². The monoisotopic (exact) mass is 234 g/mol. The summed E-state index contributed by atoms with van der Waals surface area (Å²) < 4.78 is 0. The molecule has 1 aromatic heterocycles. The molecule has 2 rings (SSSR count). The van der Waals surface area contributed by atoms with Crippen LogP contribution in [0.25, 0.3) is 0 Å². The number of rotatable bonds is 3. The maximum atomic E-state index is 5.69. The van der Waals surface area contributed by atoms with Crippen molar-refractivity contribution in [1.82, 2.24) is 9.97 Å². The second-order valence-corrected chi connectivity index (χ2v) is 4.99. The van der Waals surface area contributed by atoms with Crippen LogP contribution < -0.4 is 10.6 Å². The fourth-order valence-electron chi connectivity index (χ4n) is 2.68. The van der Waals surface area contributed by atoms with E-state index in [1.54, 1.807) is 6.33 Å². The van der Waals surface area contributed by atoms with E-state index in [-0.39, 0.29) is 0 Å². The Bertz CT molecular complexity index is 358. The van der Waals surface area contributed by atoms with E-state index >= 15 is 0 Å². The van der Waals surface area contributed by atoms with Crippen LogP contribution in [0.15, 0.2) is 12.4 Å². The number of nitrogen functional groups attached to an aromatic ring is 1. The predicted octanol–water partition coefficient (Wildman–Crippen LogP) is 2.46. The van der Waals surface area contributed by atoms with Gasteiger partial charge in [0.2, 0.25) is 0 Å². The van der Waals surface area contributed by atoms with Crippen molar-refractivity contribution in [3.05, 3.63) is 12.4 Å². The highest BCUT2D eigenvalue weighted by molar-refractivity contribution is 5.46. The van der Waals surface area contributed by atoms with E-state index in [2.05, 4.69) is 28.8 Å². The molecule has 1 heterocycles. The molecule has 0 aromatic carbocycles. The van der Waals surface area contributed by atoms with Crippen molar-refractivity contribution in [1.29, 1.82) is 0 Å². The molecule has 0 saturated heterocycles. The molecular weight excluding hydrogens is 212 g/mol. The van der Waals surface area contributed by atoms with E-state index < -0.39 is 0 Å². The van der Waals surface area contributed by atoms with Crippen LogP contribution in [0.4, 0.5) is 11.6 Å². The first kappa shape index (κ1) is 12.1. The van der Waals surface area contributed by atoms with Crippen LogP contribution in [0.5, 0.6) is 0 Å². The molecule has 1 fully saturated rings. The topological polar surface area (TPSA) is 55.0 Å². The maximum absolute atomic E-state index is 5.69. The molecule has 0 spiro atoms. The van der Waals surface area contributed by atoms with Crippen LogP contribution in [-0.2, 0) is 0 Å². The van der Waals surface area contributed by atoms with Crippen molar-refractivity contribution in [3.8, 4) is 0 Å². The minimum atomic E-state index is 0.545. The Morgan fingerprint density at radius 3 is 2.59 bits per heavy atom. The highest BCUT2D eigenvalue weighted by atomic mass is 15.2. The van der Waals surface area contributed by atoms with Crippen molar-refractivity contribution < 1.29 is 0 Å². The molecule has 2 N–H and O–H groups in total. The minimum Gasteiger partial charge on any atom is -0.384 e. The van der Waals surface area contributed by atoms with Crippen molar-refractivity contribution in [2.24, 2.45) is 5.92 Å². The Labute approximate surface area is 103 Å². The Balaban J connectivity index is 1.99. The molecule has 1 aliphatic rings. The number of hydrogen-bond donors (Lipinski definition) is 1. The molecule has 0 amide bonds. The van der Waals surface area contributed by atoms with Crippen LogP contribution in [0.2, 0.25) is 0 Å². The lowest BCUT2D eigenvalue weighted by Gasteiger charge is -2.35. The van der Waals surface area contributed by atoms with E-state index in [0.29, 0.717) is 11.9 Å². The van der Waals surface area contributed by atoms with Crippen LogP contribution in [0.1, 0.15) is 39.0 Å². The Morgan fingerprint density at radius 1 is 1.29 bits per heavy atom. The van der Waals surface area contributed by atoms with Crippen LogP contribution >= 0.6 is 0 Å². The van der Waals surface area contributed by atoms with Crippen LogP contribution in [0, 0.1) is 5.92 Å². The minimum absolute atomic E-state index is 0.545. The molecule has 4 nitrogen and oxygen atoms in total. The lowest BCUT2D eigenvalue weighted by atomic mass is 9.84. The Kier molecular flexibility index (Phi) is 3.82. The first-order chi connectivity index (χ1) is 8.20. The Hall–Kier alpha value is -1.32. The van der Waals surface area contributed by atoms with Crippen molar-refractivity contribution in [3.63, 3.8) is 0 Å². The standard InChI is InChI=1S/C13H22N4/c1-3-10-4-6-11(7-5-10)17(2)13-8-12(14)15-9-16-13/h8-11H,3-7H2,1-2H3,(H2,14,15,16). The summed E-state index contributed by atoms with van der Waals surface area (Å²) >= 11 is 0. The molecule has 1 saturated carbocycles. The zero-order valence-corrected chi connectivity index (χ0v) is 10.8. The normalized spacial score (nSPS) is 24.6. The molecule has 4 heteroatoms. The van der Waals surface area contributed by atoms with Gasteiger partial charge in [0, 0.05) is 19.2 Å². The fourth-order valence-corrected chi connectivity index (χ4v) is 2.68. The summed E-state index contributed by atoms with van der Waals surface area (Å²) in [4.78, 5) is 10.5. The number of anilines is 2. The lowest BCUT2D eigenvalue weighted by Crippen LogP contribution is -2.35. The SMILES string of the molecule is CCC1CCC(N(C)c2cc(N)ncn2)CC1. The molecule has 0 aliphatic heterocycles. The van der Waals surface area contributed by atoms with Gasteiger partial charge in [-0.05, 0) is 31.6 Å². The first-order valence-electron chi connectivity index (χ1n) is 6.51. The predicted molar refractivity (Wildman–Crippen MR) is 70.9 cm³/mol. The van der Waals surface area contributed by atoms with Crippen LogP contribution in [0.3, 0.4) is 0 Å². The van der Waals surface area contributed by atoms with Gasteiger partial charge in [0.05, 0.1) is 0 Å². The summed E-state index contributed by atoms with van der Waals surface area (Å²) in [5, 5.41) is 0. The van der Waals surface area contributed by atoms with Gasteiger partial charge in [-0.15, -0.1) is 0 Å². The summed E-state index contributed by atoms with van der Waals surface area (Å²) in [6, 6.07) is 2.46. The molecule has 0 radical (unpaired) electrons. The Morgan fingerprint density at radius 2 is 2.00 bits per heavy atom.